The smallest absolute Gasteiger partial charge is 0.122 e. The summed E-state index contributed by atoms with van der Waals surface area (Å²) >= 11 is 0. The molecule has 0 spiro atoms. The molecule has 1 heterocycles. The van der Waals surface area contributed by atoms with E-state index in [4.69, 9.17) is 14.9 Å². The van der Waals surface area contributed by atoms with Gasteiger partial charge in [0.05, 0.1) is 25.9 Å². The van der Waals surface area contributed by atoms with E-state index in [-0.39, 0.29) is 19.3 Å². The van der Waals surface area contributed by atoms with Gasteiger partial charge in [-0.25, -0.2) is 0 Å². The van der Waals surface area contributed by atoms with E-state index in [1.807, 2.05) is 12.1 Å². The molecular weight excluding hydrogens is 218 g/mol. The van der Waals surface area contributed by atoms with Gasteiger partial charge in [0.2, 0.25) is 0 Å². The van der Waals surface area contributed by atoms with Gasteiger partial charge in [-0.2, -0.15) is 0 Å². The van der Waals surface area contributed by atoms with Gasteiger partial charge in [0.25, 0.3) is 0 Å². The molecule has 1 aromatic rings. The van der Waals surface area contributed by atoms with Gasteiger partial charge in [0.15, 0.2) is 0 Å². The second kappa shape index (κ2) is 6.00. The molecule has 0 fully saturated rings. The Morgan fingerprint density at radius 1 is 1.29 bits per heavy atom. The molecule has 0 atom stereocenters. The van der Waals surface area contributed by atoms with Crippen LogP contribution in [-0.2, 0) is 13.0 Å². The first-order valence-corrected chi connectivity index (χ1v) is 6.03. The molecule has 0 bridgehead atoms. The number of aliphatic hydroxyl groups is 2. The predicted molar refractivity (Wildman–Crippen MR) is 65.1 cm³/mol. The van der Waals surface area contributed by atoms with Gasteiger partial charge in [0, 0.05) is 6.54 Å². The highest BCUT2D eigenvalue weighted by Crippen LogP contribution is 2.25. The molecule has 0 amide bonds. The Morgan fingerprint density at radius 2 is 2.12 bits per heavy atom. The summed E-state index contributed by atoms with van der Waals surface area (Å²) in [5.74, 6) is 0.987. The summed E-state index contributed by atoms with van der Waals surface area (Å²) in [4.78, 5) is 0. The van der Waals surface area contributed by atoms with Crippen LogP contribution in [0.25, 0.3) is 0 Å². The van der Waals surface area contributed by atoms with Gasteiger partial charge in [-0.15, -0.1) is 0 Å². The number of aryl methyl sites for hydroxylation is 1. The molecular formula is C13H19NO3. The zero-order valence-corrected chi connectivity index (χ0v) is 9.85. The van der Waals surface area contributed by atoms with Gasteiger partial charge in [-0.05, 0) is 30.0 Å². The zero-order valence-electron chi connectivity index (χ0n) is 9.85. The summed E-state index contributed by atoms with van der Waals surface area (Å²) in [5.41, 5.74) is 2.40. The first-order chi connectivity index (χ1) is 8.33. The van der Waals surface area contributed by atoms with Gasteiger partial charge in [0.1, 0.15) is 5.75 Å². The Bertz CT molecular complexity index is 364. The van der Waals surface area contributed by atoms with Crippen molar-refractivity contribution in [1.82, 2.24) is 5.32 Å². The molecule has 0 saturated heterocycles. The first kappa shape index (κ1) is 12.4. The van der Waals surface area contributed by atoms with E-state index in [1.165, 1.54) is 5.56 Å². The number of hydrogen-bond donors (Lipinski definition) is 3. The van der Waals surface area contributed by atoms with E-state index in [0.29, 0.717) is 6.54 Å². The van der Waals surface area contributed by atoms with Gasteiger partial charge in [-0.3, -0.25) is 0 Å². The van der Waals surface area contributed by atoms with E-state index >= 15 is 0 Å². The van der Waals surface area contributed by atoms with Crippen molar-refractivity contribution in [3.05, 3.63) is 29.3 Å². The average Bonchev–Trinajstić information content (AvgIpc) is 2.40. The molecule has 1 aliphatic rings. The third-order valence-electron chi connectivity index (χ3n) is 3.01. The predicted octanol–water partition coefficient (Wildman–Crippen LogP) is 0.454. The fourth-order valence-electron chi connectivity index (χ4n) is 1.97. The van der Waals surface area contributed by atoms with Crippen molar-refractivity contribution in [2.24, 2.45) is 0 Å². The number of nitrogens with one attached hydrogen (secondary N) is 1. The van der Waals surface area contributed by atoms with Crippen LogP contribution in [0.3, 0.4) is 0 Å². The van der Waals surface area contributed by atoms with Crippen molar-refractivity contribution in [3.8, 4) is 5.75 Å². The second-order valence-corrected chi connectivity index (χ2v) is 4.34. The van der Waals surface area contributed by atoms with Crippen LogP contribution < -0.4 is 10.1 Å². The number of fused-ring (bicyclic) bond motifs is 1. The number of aliphatic hydroxyl groups excluding tert-OH is 2. The molecule has 0 aliphatic carbocycles. The molecule has 0 saturated carbocycles. The Morgan fingerprint density at radius 3 is 2.88 bits per heavy atom. The number of ether oxygens (including phenoxy) is 1. The fourth-order valence-corrected chi connectivity index (χ4v) is 1.97. The van der Waals surface area contributed by atoms with Crippen LogP contribution in [0.2, 0.25) is 0 Å². The summed E-state index contributed by atoms with van der Waals surface area (Å²) < 4.78 is 5.55. The summed E-state index contributed by atoms with van der Waals surface area (Å²) in [6.07, 6.45) is 2.13. The SMILES string of the molecule is OCC(CO)NCc1ccc2c(c1)CCCO2. The minimum atomic E-state index is -0.248. The second-order valence-electron chi connectivity index (χ2n) is 4.34. The lowest BCUT2D eigenvalue weighted by molar-refractivity contribution is 0.170. The quantitative estimate of drug-likeness (QED) is 0.696. The average molecular weight is 237 g/mol. The first-order valence-electron chi connectivity index (χ1n) is 6.03. The van der Waals surface area contributed by atoms with E-state index in [0.717, 1.165) is 30.8 Å². The molecule has 0 unspecified atom stereocenters. The third kappa shape index (κ3) is 3.19. The van der Waals surface area contributed by atoms with Crippen molar-refractivity contribution in [3.63, 3.8) is 0 Å². The molecule has 2 rings (SSSR count). The lowest BCUT2D eigenvalue weighted by Crippen LogP contribution is -2.35. The number of hydrogen-bond acceptors (Lipinski definition) is 4. The highest BCUT2D eigenvalue weighted by molar-refractivity contribution is 5.38. The van der Waals surface area contributed by atoms with E-state index in [2.05, 4.69) is 11.4 Å². The molecule has 4 nitrogen and oxygen atoms in total. The lowest BCUT2D eigenvalue weighted by atomic mass is 10.0. The van der Waals surface area contributed by atoms with Crippen LogP contribution in [-0.4, -0.2) is 36.1 Å². The van der Waals surface area contributed by atoms with Crippen molar-refractivity contribution in [2.75, 3.05) is 19.8 Å². The molecule has 1 aromatic carbocycles. The van der Waals surface area contributed by atoms with Crippen LogP contribution in [0, 0.1) is 0 Å². The molecule has 3 N–H and O–H groups in total. The number of rotatable bonds is 5. The molecule has 0 radical (unpaired) electrons. The molecule has 0 aromatic heterocycles. The Hall–Kier alpha value is -1.10. The van der Waals surface area contributed by atoms with Crippen LogP contribution >= 0.6 is 0 Å². The maximum Gasteiger partial charge on any atom is 0.122 e. The van der Waals surface area contributed by atoms with Crippen molar-refractivity contribution in [2.45, 2.75) is 25.4 Å². The standard InChI is InChI=1S/C13H19NO3/c15-8-12(9-16)14-7-10-3-4-13-11(6-10)2-1-5-17-13/h3-4,6,12,14-16H,1-2,5,7-9H2. The molecule has 1 aliphatic heterocycles. The fraction of sp³-hybridized carbons (Fsp3) is 0.538. The van der Waals surface area contributed by atoms with E-state index in [1.54, 1.807) is 0 Å². The zero-order chi connectivity index (χ0) is 12.1. The van der Waals surface area contributed by atoms with Crippen molar-refractivity contribution >= 4 is 0 Å². The van der Waals surface area contributed by atoms with Gasteiger partial charge >= 0.3 is 0 Å². The summed E-state index contributed by atoms with van der Waals surface area (Å²) in [6.45, 7) is 1.36. The minimum Gasteiger partial charge on any atom is -0.493 e. The maximum atomic E-state index is 8.95. The molecule has 17 heavy (non-hydrogen) atoms. The van der Waals surface area contributed by atoms with Crippen molar-refractivity contribution < 1.29 is 14.9 Å². The van der Waals surface area contributed by atoms with Gasteiger partial charge < -0.3 is 20.3 Å². The molecule has 4 heteroatoms. The monoisotopic (exact) mass is 237 g/mol. The maximum absolute atomic E-state index is 8.95. The minimum absolute atomic E-state index is 0.0510. The third-order valence-corrected chi connectivity index (χ3v) is 3.01. The molecule has 94 valence electrons. The highest BCUT2D eigenvalue weighted by Gasteiger charge is 2.11. The lowest BCUT2D eigenvalue weighted by Gasteiger charge is -2.19. The van der Waals surface area contributed by atoms with E-state index < -0.39 is 0 Å². The van der Waals surface area contributed by atoms with Crippen LogP contribution in [0.5, 0.6) is 5.75 Å². The van der Waals surface area contributed by atoms with Crippen molar-refractivity contribution in [1.29, 1.82) is 0 Å². The highest BCUT2D eigenvalue weighted by atomic mass is 16.5. The largest absolute Gasteiger partial charge is 0.493 e. The Balaban J connectivity index is 1.97. The van der Waals surface area contributed by atoms with Gasteiger partial charge in [-0.1, -0.05) is 12.1 Å². The Kier molecular flexibility index (Phi) is 4.36. The summed E-state index contributed by atoms with van der Waals surface area (Å²) in [6, 6.07) is 5.90. The topological polar surface area (TPSA) is 61.7 Å². The van der Waals surface area contributed by atoms with Crippen LogP contribution in [0.4, 0.5) is 0 Å². The van der Waals surface area contributed by atoms with E-state index in [9.17, 15) is 0 Å². The Labute approximate surface area is 101 Å². The normalized spacial score (nSPS) is 14.5. The van der Waals surface area contributed by atoms with Crippen LogP contribution in [0.1, 0.15) is 17.5 Å². The number of benzene rings is 1. The van der Waals surface area contributed by atoms with Crippen LogP contribution in [0.15, 0.2) is 18.2 Å². The summed E-state index contributed by atoms with van der Waals surface area (Å²) in [5, 5.41) is 21.0. The summed E-state index contributed by atoms with van der Waals surface area (Å²) in [7, 11) is 0.